The summed E-state index contributed by atoms with van der Waals surface area (Å²) in [7, 11) is 0. The van der Waals surface area contributed by atoms with Crippen molar-refractivity contribution in [3.05, 3.63) is 29.8 Å². The summed E-state index contributed by atoms with van der Waals surface area (Å²) >= 11 is 0. The van der Waals surface area contributed by atoms with E-state index in [9.17, 15) is 14.7 Å². The van der Waals surface area contributed by atoms with Gasteiger partial charge in [0.2, 0.25) is 0 Å². The standard InChI is InChI=1S/C17H23N3O3/c1-12-5-7-14(8-6-12)20-13(2)16(22)19(17(20)23)11-18-9-3-4-15(21)10-18/h5-8,13,15,21H,3-4,9-11H2,1-2H3/t13-,15+/m1/s1. The van der Waals surface area contributed by atoms with Crippen molar-refractivity contribution < 1.29 is 14.7 Å². The summed E-state index contributed by atoms with van der Waals surface area (Å²) in [6.07, 6.45) is 1.29. The topological polar surface area (TPSA) is 64.1 Å². The third kappa shape index (κ3) is 3.09. The van der Waals surface area contributed by atoms with Gasteiger partial charge in [0, 0.05) is 18.8 Å². The monoisotopic (exact) mass is 317 g/mol. The number of carbonyl (C=O) groups excluding carboxylic acids is 2. The second-order valence-corrected chi connectivity index (χ2v) is 6.44. The number of likely N-dealkylation sites (tertiary alicyclic amines) is 1. The molecule has 124 valence electrons. The minimum atomic E-state index is -0.500. The van der Waals surface area contributed by atoms with Crippen LogP contribution in [0.1, 0.15) is 25.3 Å². The van der Waals surface area contributed by atoms with E-state index in [1.807, 2.05) is 36.1 Å². The Kier molecular flexibility index (Phi) is 4.37. The number of anilines is 1. The van der Waals surface area contributed by atoms with Crippen LogP contribution in [-0.4, -0.2) is 58.7 Å². The molecule has 3 rings (SSSR count). The molecule has 6 nitrogen and oxygen atoms in total. The minimum absolute atomic E-state index is 0.185. The molecule has 2 aliphatic rings. The second kappa shape index (κ2) is 6.29. The van der Waals surface area contributed by atoms with Crippen molar-refractivity contribution in [2.75, 3.05) is 24.7 Å². The lowest BCUT2D eigenvalue weighted by Gasteiger charge is -2.32. The maximum atomic E-state index is 12.7. The Morgan fingerprint density at radius 1 is 1.22 bits per heavy atom. The Balaban J connectivity index is 1.76. The molecule has 0 spiro atoms. The quantitative estimate of drug-likeness (QED) is 0.860. The fraction of sp³-hybridized carbons (Fsp3) is 0.529. The number of aliphatic hydroxyl groups is 1. The molecule has 2 heterocycles. The lowest BCUT2D eigenvalue weighted by molar-refractivity contribution is -0.128. The maximum absolute atomic E-state index is 12.7. The number of benzene rings is 1. The molecule has 0 radical (unpaired) electrons. The number of aliphatic hydroxyl groups excluding tert-OH is 1. The van der Waals surface area contributed by atoms with Crippen molar-refractivity contribution in [2.24, 2.45) is 0 Å². The molecular formula is C17H23N3O3. The van der Waals surface area contributed by atoms with Crippen LogP contribution < -0.4 is 4.90 Å². The van der Waals surface area contributed by atoms with Crippen LogP contribution in [0.25, 0.3) is 0 Å². The molecule has 2 aliphatic heterocycles. The van der Waals surface area contributed by atoms with E-state index < -0.39 is 6.04 Å². The van der Waals surface area contributed by atoms with Gasteiger partial charge in [0.25, 0.3) is 5.91 Å². The van der Waals surface area contributed by atoms with Gasteiger partial charge in [0.05, 0.1) is 12.8 Å². The minimum Gasteiger partial charge on any atom is -0.392 e. The van der Waals surface area contributed by atoms with Crippen molar-refractivity contribution >= 4 is 17.6 Å². The number of aryl methyl sites for hydroxylation is 1. The number of hydrogen-bond acceptors (Lipinski definition) is 4. The number of hydrogen-bond donors (Lipinski definition) is 1. The molecular weight excluding hydrogens is 294 g/mol. The number of amides is 3. The van der Waals surface area contributed by atoms with Crippen molar-refractivity contribution in [1.82, 2.24) is 9.80 Å². The average Bonchev–Trinajstić information content (AvgIpc) is 2.73. The lowest BCUT2D eigenvalue weighted by atomic mass is 10.1. The highest BCUT2D eigenvalue weighted by Crippen LogP contribution is 2.26. The van der Waals surface area contributed by atoms with Crippen LogP contribution in [0.3, 0.4) is 0 Å². The molecule has 2 saturated heterocycles. The van der Waals surface area contributed by atoms with E-state index in [0.717, 1.165) is 30.6 Å². The second-order valence-electron chi connectivity index (χ2n) is 6.44. The summed E-state index contributed by atoms with van der Waals surface area (Å²) in [6, 6.07) is 6.81. The van der Waals surface area contributed by atoms with Gasteiger partial charge in [-0.15, -0.1) is 0 Å². The first-order chi connectivity index (χ1) is 11.0. The molecule has 0 unspecified atom stereocenters. The Bertz CT molecular complexity index is 602. The van der Waals surface area contributed by atoms with Gasteiger partial charge >= 0.3 is 6.03 Å². The number of β-amino-alcohol motifs (C(OH)–C–C–N with tert-alkyl or cyclic N) is 1. The number of rotatable bonds is 3. The van der Waals surface area contributed by atoms with E-state index >= 15 is 0 Å². The predicted octanol–water partition coefficient (Wildman–Crippen LogP) is 1.57. The summed E-state index contributed by atoms with van der Waals surface area (Å²) in [5, 5.41) is 9.75. The average molecular weight is 317 g/mol. The Morgan fingerprint density at radius 3 is 2.57 bits per heavy atom. The van der Waals surface area contributed by atoms with Crippen molar-refractivity contribution in [3.8, 4) is 0 Å². The normalized spacial score (nSPS) is 26.2. The van der Waals surface area contributed by atoms with Crippen LogP contribution in [0.5, 0.6) is 0 Å². The highest BCUT2D eigenvalue weighted by molar-refractivity contribution is 6.14. The molecule has 0 bridgehead atoms. The zero-order valence-electron chi connectivity index (χ0n) is 13.6. The number of nitrogens with zero attached hydrogens (tertiary/aromatic N) is 3. The van der Waals surface area contributed by atoms with E-state index in [4.69, 9.17) is 0 Å². The first kappa shape index (κ1) is 16.0. The Labute approximate surface area is 136 Å². The molecule has 1 N–H and O–H groups in total. The summed E-state index contributed by atoms with van der Waals surface area (Å²) in [6.45, 7) is 5.30. The molecule has 6 heteroatoms. The fourth-order valence-electron chi connectivity index (χ4n) is 3.26. The molecule has 2 atom stereocenters. The van der Waals surface area contributed by atoms with Gasteiger partial charge in [-0.3, -0.25) is 14.6 Å². The van der Waals surface area contributed by atoms with Crippen LogP contribution >= 0.6 is 0 Å². The number of piperidine rings is 1. The summed E-state index contributed by atoms with van der Waals surface area (Å²) in [5.74, 6) is -0.185. The third-order valence-corrected chi connectivity index (χ3v) is 4.58. The number of urea groups is 1. The van der Waals surface area contributed by atoms with Gasteiger partial charge in [0.1, 0.15) is 6.04 Å². The maximum Gasteiger partial charge on any atom is 0.333 e. The molecule has 3 amide bonds. The van der Waals surface area contributed by atoms with Crippen LogP contribution in [0.15, 0.2) is 24.3 Å². The van der Waals surface area contributed by atoms with Crippen LogP contribution in [0, 0.1) is 6.92 Å². The van der Waals surface area contributed by atoms with Crippen LogP contribution in [0.2, 0.25) is 0 Å². The highest BCUT2D eigenvalue weighted by atomic mass is 16.3. The van der Waals surface area contributed by atoms with Crippen molar-refractivity contribution in [2.45, 2.75) is 38.8 Å². The van der Waals surface area contributed by atoms with Gasteiger partial charge < -0.3 is 5.11 Å². The predicted molar refractivity (Wildman–Crippen MR) is 87.0 cm³/mol. The first-order valence-electron chi connectivity index (χ1n) is 8.09. The summed E-state index contributed by atoms with van der Waals surface area (Å²) < 4.78 is 0. The molecule has 23 heavy (non-hydrogen) atoms. The zero-order chi connectivity index (χ0) is 16.6. The van der Waals surface area contributed by atoms with Crippen LogP contribution in [0.4, 0.5) is 10.5 Å². The Morgan fingerprint density at radius 2 is 1.91 bits per heavy atom. The molecule has 2 fully saturated rings. The highest BCUT2D eigenvalue weighted by Gasteiger charge is 2.44. The number of imide groups is 1. The van der Waals surface area contributed by atoms with Gasteiger partial charge in [-0.25, -0.2) is 9.69 Å². The summed E-state index contributed by atoms with van der Waals surface area (Å²) in [5.41, 5.74) is 1.85. The molecule has 0 aliphatic carbocycles. The van der Waals surface area contributed by atoms with Crippen molar-refractivity contribution in [1.29, 1.82) is 0 Å². The van der Waals surface area contributed by atoms with E-state index in [0.29, 0.717) is 6.54 Å². The zero-order valence-corrected chi connectivity index (χ0v) is 13.6. The third-order valence-electron chi connectivity index (χ3n) is 4.58. The van der Waals surface area contributed by atoms with E-state index in [1.54, 1.807) is 11.8 Å². The fourth-order valence-corrected chi connectivity index (χ4v) is 3.26. The van der Waals surface area contributed by atoms with Gasteiger partial charge in [-0.05, 0) is 38.8 Å². The van der Waals surface area contributed by atoms with E-state index in [1.165, 1.54) is 4.90 Å². The number of carbonyl (C=O) groups is 2. The molecule has 1 aromatic rings. The largest absolute Gasteiger partial charge is 0.392 e. The summed E-state index contributed by atoms with van der Waals surface area (Å²) in [4.78, 5) is 30.0. The van der Waals surface area contributed by atoms with E-state index in [2.05, 4.69) is 0 Å². The lowest BCUT2D eigenvalue weighted by Crippen LogP contribution is -2.47. The van der Waals surface area contributed by atoms with Crippen LogP contribution in [-0.2, 0) is 4.79 Å². The van der Waals surface area contributed by atoms with Gasteiger partial charge in [-0.1, -0.05) is 17.7 Å². The van der Waals surface area contributed by atoms with E-state index in [-0.39, 0.29) is 24.7 Å². The molecule has 0 aromatic heterocycles. The first-order valence-corrected chi connectivity index (χ1v) is 8.09. The Hall–Kier alpha value is -1.92. The van der Waals surface area contributed by atoms with Gasteiger partial charge in [-0.2, -0.15) is 0 Å². The molecule has 1 aromatic carbocycles. The molecule has 0 saturated carbocycles. The van der Waals surface area contributed by atoms with Gasteiger partial charge in [0.15, 0.2) is 0 Å². The SMILES string of the molecule is Cc1ccc(N2C(=O)N(CN3CCC[C@H](O)C3)C(=O)[C@H]2C)cc1. The smallest absolute Gasteiger partial charge is 0.333 e. The van der Waals surface area contributed by atoms with Crippen molar-refractivity contribution in [3.63, 3.8) is 0 Å².